The number of benzene rings is 1. The van der Waals surface area contributed by atoms with E-state index in [2.05, 4.69) is 6.58 Å². The van der Waals surface area contributed by atoms with Crippen LogP contribution < -0.4 is 0 Å². The van der Waals surface area contributed by atoms with Gasteiger partial charge in [-0.25, -0.2) is 4.39 Å². The maximum Gasteiger partial charge on any atom is 0.228 e. The molecule has 0 bridgehead atoms. The zero-order valence-corrected chi connectivity index (χ0v) is 15.5. The summed E-state index contributed by atoms with van der Waals surface area (Å²) in [4.78, 5) is 15.8. The maximum atomic E-state index is 13.3. The van der Waals surface area contributed by atoms with Crippen molar-refractivity contribution in [3.05, 3.63) is 77.0 Å². The predicted molar refractivity (Wildman–Crippen MR) is 101 cm³/mol. The molecule has 0 atom stereocenters. The average molecular weight is 361 g/mol. The molecule has 0 aromatic heterocycles. The van der Waals surface area contributed by atoms with E-state index in [0.717, 1.165) is 22.5 Å². The van der Waals surface area contributed by atoms with E-state index in [4.69, 9.17) is 11.6 Å². The SMILES string of the molecule is C=C1C=CC(Cl)=CN1/C(CC(=O)N(C)C)=C(\CC)c1ccc(F)cc1. The maximum absolute atomic E-state index is 13.3. The summed E-state index contributed by atoms with van der Waals surface area (Å²) in [6, 6.07) is 6.29. The van der Waals surface area contributed by atoms with E-state index in [1.165, 1.54) is 12.1 Å². The quantitative estimate of drug-likeness (QED) is 0.746. The molecular formula is C20H22ClFN2O. The van der Waals surface area contributed by atoms with Crippen LogP contribution in [0.5, 0.6) is 0 Å². The second-order valence-electron chi connectivity index (χ2n) is 5.96. The molecule has 0 saturated carbocycles. The van der Waals surface area contributed by atoms with Gasteiger partial charge in [0.25, 0.3) is 0 Å². The molecule has 1 aliphatic rings. The molecule has 1 heterocycles. The highest BCUT2D eigenvalue weighted by molar-refractivity contribution is 6.31. The molecule has 0 radical (unpaired) electrons. The number of hydrogen-bond donors (Lipinski definition) is 0. The number of hydrogen-bond acceptors (Lipinski definition) is 2. The fourth-order valence-electron chi connectivity index (χ4n) is 2.62. The monoisotopic (exact) mass is 360 g/mol. The molecule has 3 nitrogen and oxygen atoms in total. The molecule has 25 heavy (non-hydrogen) atoms. The van der Waals surface area contributed by atoms with E-state index < -0.39 is 0 Å². The predicted octanol–water partition coefficient (Wildman–Crippen LogP) is 4.89. The van der Waals surface area contributed by atoms with Crippen LogP contribution in [0.1, 0.15) is 25.3 Å². The van der Waals surface area contributed by atoms with Crippen molar-refractivity contribution in [2.24, 2.45) is 0 Å². The van der Waals surface area contributed by atoms with Gasteiger partial charge in [-0.2, -0.15) is 0 Å². The Hall–Kier alpha value is -2.33. The van der Waals surface area contributed by atoms with E-state index in [9.17, 15) is 9.18 Å². The van der Waals surface area contributed by atoms with Crippen LogP contribution in [-0.2, 0) is 4.79 Å². The number of carbonyl (C=O) groups excluding carboxylic acids is 1. The number of allylic oxidation sites excluding steroid dienone is 4. The highest BCUT2D eigenvalue weighted by atomic mass is 35.5. The molecule has 132 valence electrons. The van der Waals surface area contributed by atoms with Crippen molar-refractivity contribution in [2.45, 2.75) is 19.8 Å². The van der Waals surface area contributed by atoms with Gasteiger partial charge in [0.05, 0.1) is 11.5 Å². The average Bonchev–Trinajstić information content (AvgIpc) is 2.58. The summed E-state index contributed by atoms with van der Waals surface area (Å²) in [6.45, 7) is 6.05. The van der Waals surface area contributed by atoms with Crippen molar-refractivity contribution in [3.63, 3.8) is 0 Å². The number of nitrogens with zero attached hydrogens (tertiary/aromatic N) is 2. The van der Waals surface area contributed by atoms with Crippen LogP contribution in [0.15, 0.2) is 65.6 Å². The highest BCUT2D eigenvalue weighted by Gasteiger charge is 2.21. The van der Waals surface area contributed by atoms with Crippen molar-refractivity contribution in [3.8, 4) is 0 Å². The minimum absolute atomic E-state index is 0.0325. The summed E-state index contributed by atoms with van der Waals surface area (Å²) >= 11 is 6.16. The minimum Gasteiger partial charge on any atom is -0.348 e. The zero-order valence-electron chi connectivity index (χ0n) is 14.7. The Kier molecular flexibility index (Phi) is 6.21. The third kappa shape index (κ3) is 4.60. The molecule has 5 heteroatoms. The van der Waals surface area contributed by atoms with Gasteiger partial charge >= 0.3 is 0 Å². The van der Waals surface area contributed by atoms with Crippen LogP contribution >= 0.6 is 11.6 Å². The first-order chi connectivity index (χ1) is 11.8. The Morgan fingerprint density at radius 1 is 1.24 bits per heavy atom. The van der Waals surface area contributed by atoms with E-state index >= 15 is 0 Å². The molecule has 1 aromatic rings. The molecule has 0 N–H and O–H groups in total. The Morgan fingerprint density at radius 2 is 1.88 bits per heavy atom. The summed E-state index contributed by atoms with van der Waals surface area (Å²) in [5, 5.41) is 0.553. The van der Waals surface area contributed by atoms with Crippen LogP contribution in [0.3, 0.4) is 0 Å². The van der Waals surface area contributed by atoms with E-state index in [1.54, 1.807) is 49.5 Å². The molecule has 2 rings (SSSR count). The van der Waals surface area contributed by atoms with Crippen molar-refractivity contribution < 1.29 is 9.18 Å². The van der Waals surface area contributed by atoms with E-state index in [-0.39, 0.29) is 18.1 Å². The van der Waals surface area contributed by atoms with Gasteiger partial charge in [-0.3, -0.25) is 4.79 Å². The second-order valence-corrected chi connectivity index (χ2v) is 6.40. The number of carbonyl (C=O) groups is 1. The highest BCUT2D eigenvalue weighted by Crippen LogP contribution is 2.32. The first kappa shape index (κ1) is 19.0. The van der Waals surface area contributed by atoms with Gasteiger partial charge in [0.2, 0.25) is 5.91 Å². The molecule has 0 spiro atoms. The Labute approximate surface area is 153 Å². The van der Waals surface area contributed by atoms with Crippen LogP contribution in [0.2, 0.25) is 0 Å². The number of halogens is 2. The van der Waals surface area contributed by atoms with Crippen LogP contribution in [0.4, 0.5) is 4.39 Å². The summed E-state index contributed by atoms with van der Waals surface area (Å²) in [7, 11) is 3.44. The summed E-state index contributed by atoms with van der Waals surface area (Å²) in [5.41, 5.74) is 3.34. The molecular weight excluding hydrogens is 339 g/mol. The lowest BCUT2D eigenvalue weighted by Gasteiger charge is -2.30. The first-order valence-electron chi connectivity index (χ1n) is 8.05. The lowest BCUT2D eigenvalue weighted by molar-refractivity contribution is -0.128. The molecule has 1 amide bonds. The Balaban J connectivity index is 2.58. The number of amides is 1. The van der Waals surface area contributed by atoms with Gasteiger partial charge in [-0.15, -0.1) is 0 Å². The summed E-state index contributed by atoms with van der Waals surface area (Å²) < 4.78 is 13.3. The molecule has 0 aliphatic carbocycles. The van der Waals surface area contributed by atoms with Crippen molar-refractivity contribution >= 4 is 23.1 Å². The lowest BCUT2D eigenvalue weighted by atomic mass is 9.98. The zero-order chi connectivity index (χ0) is 18.6. The molecule has 0 saturated heterocycles. The smallest absolute Gasteiger partial charge is 0.228 e. The van der Waals surface area contributed by atoms with Gasteiger partial charge < -0.3 is 9.80 Å². The second kappa shape index (κ2) is 8.17. The fourth-order valence-corrected chi connectivity index (χ4v) is 2.78. The minimum atomic E-state index is -0.293. The van der Waals surface area contributed by atoms with Crippen LogP contribution in [0, 0.1) is 5.82 Å². The van der Waals surface area contributed by atoms with Gasteiger partial charge in [-0.1, -0.05) is 37.2 Å². The van der Waals surface area contributed by atoms with Crippen molar-refractivity contribution in [2.75, 3.05) is 14.1 Å². The molecule has 1 aliphatic heterocycles. The summed E-state index contributed by atoms with van der Waals surface area (Å²) in [5.74, 6) is -0.326. The van der Waals surface area contributed by atoms with E-state index in [0.29, 0.717) is 11.5 Å². The van der Waals surface area contributed by atoms with Gasteiger partial charge in [0.15, 0.2) is 0 Å². The third-order valence-electron chi connectivity index (χ3n) is 4.00. The van der Waals surface area contributed by atoms with Crippen LogP contribution in [-0.4, -0.2) is 29.8 Å². The first-order valence-corrected chi connectivity index (χ1v) is 8.43. The van der Waals surface area contributed by atoms with Crippen molar-refractivity contribution in [1.29, 1.82) is 0 Å². The lowest BCUT2D eigenvalue weighted by Crippen LogP contribution is -2.27. The van der Waals surface area contributed by atoms with Gasteiger partial charge in [-0.05, 0) is 41.8 Å². The standard InChI is InChI=1S/C20H22ClFN2O/c1-5-18(15-7-10-17(22)11-8-15)19(12-20(25)23(3)4)24-13-16(21)9-6-14(24)2/h6-11,13H,2,5,12H2,1,3-4H3/b19-18+. The normalized spacial score (nSPS) is 15.0. The molecule has 1 aromatic carbocycles. The Morgan fingerprint density at radius 3 is 2.44 bits per heavy atom. The van der Waals surface area contributed by atoms with E-state index in [1.807, 2.05) is 11.8 Å². The van der Waals surface area contributed by atoms with Gasteiger partial charge in [0, 0.05) is 31.7 Å². The summed E-state index contributed by atoms with van der Waals surface area (Å²) in [6.07, 6.45) is 6.19. The Bertz CT molecular complexity index is 760. The van der Waals surface area contributed by atoms with Crippen LogP contribution in [0.25, 0.3) is 5.57 Å². The van der Waals surface area contributed by atoms with Crippen molar-refractivity contribution in [1.82, 2.24) is 9.80 Å². The number of rotatable bonds is 5. The molecule has 0 unspecified atom stereocenters. The third-order valence-corrected chi connectivity index (χ3v) is 4.22. The topological polar surface area (TPSA) is 23.6 Å². The van der Waals surface area contributed by atoms with Gasteiger partial charge in [0.1, 0.15) is 5.82 Å². The fraction of sp³-hybridized carbons (Fsp3) is 0.250. The largest absolute Gasteiger partial charge is 0.348 e. The molecule has 0 fully saturated rings.